The summed E-state index contributed by atoms with van der Waals surface area (Å²) in [4.78, 5) is 0. The first-order valence-electron chi connectivity index (χ1n) is 6.24. The lowest BCUT2D eigenvalue weighted by atomic mass is 9.88. The molecule has 0 radical (unpaired) electrons. The van der Waals surface area contributed by atoms with Crippen LogP contribution in [0.5, 0.6) is 5.75 Å². The molecule has 2 heteroatoms. The van der Waals surface area contributed by atoms with Crippen molar-refractivity contribution in [2.75, 3.05) is 6.61 Å². The zero-order chi connectivity index (χ0) is 11.2. The van der Waals surface area contributed by atoms with Crippen molar-refractivity contribution in [3.05, 3.63) is 29.3 Å². The molecule has 1 aromatic carbocycles. The lowest BCUT2D eigenvalue weighted by Gasteiger charge is -2.23. The second kappa shape index (κ2) is 3.49. The van der Waals surface area contributed by atoms with Gasteiger partial charge in [-0.15, -0.1) is 0 Å². The van der Waals surface area contributed by atoms with Crippen LogP contribution in [0.3, 0.4) is 0 Å². The highest BCUT2D eigenvalue weighted by molar-refractivity contribution is 5.44. The fraction of sp³-hybridized carbons (Fsp3) is 0.571. The van der Waals surface area contributed by atoms with E-state index >= 15 is 0 Å². The van der Waals surface area contributed by atoms with Crippen LogP contribution in [0.15, 0.2) is 18.2 Å². The van der Waals surface area contributed by atoms with Crippen LogP contribution in [0.25, 0.3) is 0 Å². The van der Waals surface area contributed by atoms with Gasteiger partial charge in [0, 0.05) is 11.5 Å². The zero-order valence-corrected chi connectivity index (χ0v) is 9.83. The van der Waals surface area contributed by atoms with Gasteiger partial charge in [-0.3, -0.25) is 0 Å². The molecule has 0 aromatic heterocycles. The number of aryl methyl sites for hydroxylation is 1. The standard InChI is InChI=1S/C14H19NO/c1-10(15)14(6-7-14)12-5-4-11-3-2-8-16-13(11)9-12/h4-5,9-10H,2-3,6-8,15H2,1H3. The van der Waals surface area contributed by atoms with Crippen LogP contribution >= 0.6 is 0 Å². The van der Waals surface area contributed by atoms with Gasteiger partial charge in [-0.25, -0.2) is 0 Å². The number of hydrogen-bond donors (Lipinski definition) is 1. The third-order valence-corrected chi connectivity index (χ3v) is 4.15. The summed E-state index contributed by atoms with van der Waals surface area (Å²) in [5.41, 5.74) is 9.08. The van der Waals surface area contributed by atoms with Crippen LogP contribution in [0.4, 0.5) is 0 Å². The van der Waals surface area contributed by atoms with Crippen molar-refractivity contribution in [2.45, 2.75) is 44.1 Å². The van der Waals surface area contributed by atoms with Crippen LogP contribution in [0.1, 0.15) is 37.3 Å². The first-order valence-corrected chi connectivity index (χ1v) is 6.24. The van der Waals surface area contributed by atoms with Crippen molar-refractivity contribution in [1.29, 1.82) is 0 Å². The van der Waals surface area contributed by atoms with Crippen molar-refractivity contribution in [3.63, 3.8) is 0 Å². The first kappa shape index (κ1) is 10.2. The summed E-state index contributed by atoms with van der Waals surface area (Å²) in [5.74, 6) is 1.09. The molecule has 1 heterocycles. The van der Waals surface area contributed by atoms with Crippen molar-refractivity contribution in [1.82, 2.24) is 0 Å². The van der Waals surface area contributed by atoms with Crippen LogP contribution in [-0.2, 0) is 11.8 Å². The van der Waals surface area contributed by atoms with Crippen molar-refractivity contribution < 1.29 is 4.74 Å². The number of ether oxygens (including phenoxy) is 1. The predicted octanol–water partition coefficient (Wildman–Crippen LogP) is 2.39. The predicted molar refractivity (Wildman–Crippen MR) is 64.8 cm³/mol. The summed E-state index contributed by atoms with van der Waals surface area (Å²) in [7, 11) is 0. The lowest BCUT2D eigenvalue weighted by molar-refractivity contribution is 0.287. The van der Waals surface area contributed by atoms with Gasteiger partial charge in [-0.1, -0.05) is 12.1 Å². The molecule has 0 spiro atoms. The maximum Gasteiger partial charge on any atom is 0.122 e. The largest absolute Gasteiger partial charge is 0.493 e. The highest BCUT2D eigenvalue weighted by Gasteiger charge is 2.47. The highest BCUT2D eigenvalue weighted by Crippen LogP contribution is 2.51. The van der Waals surface area contributed by atoms with Crippen LogP contribution in [0.2, 0.25) is 0 Å². The Labute approximate surface area is 96.8 Å². The van der Waals surface area contributed by atoms with Gasteiger partial charge in [0.05, 0.1) is 6.61 Å². The second-order valence-electron chi connectivity index (χ2n) is 5.22. The van der Waals surface area contributed by atoms with E-state index < -0.39 is 0 Å². The van der Waals surface area contributed by atoms with Crippen molar-refractivity contribution in [2.24, 2.45) is 5.73 Å². The van der Waals surface area contributed by atoms with E-state index in [0.717, 1.165) is 25.2 Å². The van der Waals surface area contributed by atoms with Gasteiger partial charge in [0.25, 0.3) is 0 Å². The molecule has 1 unspecified atom stereocenters. The van der Waals surface area contributed by atoms with Gasteiger partial charge < -0.3 is 10.5 Å². The second-order valence-corrected chi connectivity index (χ2v) is 5.22. The Morgan fingerprint density at radius 2 is 2.19 bits per heavy atom. The fourth-order valence-electron chi connectivity index (χ4n) is 2.79. The van der Waals surface area contributed by atoms with E-state index in [4.69, 9.17) is 10.5 Å². The number of rotatable bonds is 2. The minimum absolute atomic E-state index is 0.245. The Morgan fingerprint density at radius 1 is 1.38 bits per heavy atom. The third kappa shape index (κ3) is 1.44. The molecule has 2 aliphatic rings. The van der Waals surface area contributed by atoms with Gasteiger partial charge in [0.1, 0.15) is 5.75 Å². The average molecular weight is 217 g/mol. The van der Waals surface area contributed by atoms with E-state index in [0.29, 0.717) is 0 Å². The summed E-state index contributed by atoms with van der Waals surface area (Å²) in [5, 5.41) is 0. The maximum absolute atomic E-state index is 6.10. The average Bonchev–Trinajstić information content (AvgIpc) is 3.09. The van der Waals surface area contributed by atoms with Crippen molar-refractivity contribution in [3.8, 4) is 5.75 Å². The Balaban J connectivity index is 1.97. The molecule has 2 nitrogen and oxygen atoms in total. The normalized spacial score (nSPS) is 23.1. The summed E-state index contributed by atoms with van der Waals surface area (Å²) in [6.07, 6.45) is 4.75. The molecule has 1 aromatic rings. The Morgan fingerprint density at radius 3 is 2.88 bits per heavy atom. The molecule has 16 heavy (non-hydrogen) atoms. The van der Waals surface area contributed by atoms with Crippen LogP contribution in [0, 0.1) is 0 Å². The molecule has 1 fully saturated rings. The molecule has 86 valence electrons. The summed E-state index contributed by atoms with van der Waals surface area (Å²) in [6.45, 7) is 2.98. The molecule has 1 saturated carbocycles. The summed E-state index contributed by atoms with van der Waals surface area (Å²) >= 11 is 0. The first-order chi connectivity index (χ1) is 7.72. The Hall–Kier alpha value is -1.02. The van der Waals surface area contributed by atoms with E-state index in [2.05, 4.69) is 25.1 Å². The molecular formula is C14H19NO. The third-order valence-electron chi connectivity index (χ3n) is 4.15. The highest BCUT2D eigenvalue weighted by atomic mass is 16.5. The molecule has 2 N–H and O–H groups in total. The van der Waals surface area contributed by atoms with Crippen molar-refractivity contribution >= 4 is 0 Å². The van der Waals surface area contributed by atoms with Gasteiger partial charge in [-0.05, 0) is 49.8 Å². The summed E-state index contributed by atoms with van der Waals surface area (Å²) < 4.78 is 5.73. The van der Waals surface area contributed by atoms with E-state index in [-0.39, 0.29) is 11.5 Å². The fourth-order valence-corrected chi connectivity index (χ4v) is 2.79. The van der Waals surface area contributed by atoms with E-state index in [1.54, 1.807) is 0 Å². The lowest BCUT2D eigenvalue weighted by Crippen LogP contribution is -2.31. The number of hydrogen-bond acceptors (Lipinski definition) is 2. The molecule has 1 aliphatic carbocycles. The molecule has 0 bridgehead atoms. The number of benzene rings is 1. The SMILES string of the molecule is CC(N)C1(c2ccc3c(c2)OCCC3)CC1. The minimum atomic E-state index is 0.245. The van der Waals surface area contributed by atoms with Gasteiger partial charge in [0.2, 0.25) is 0 Å². The quantitative estimate of drug-likeness (QED) is 0.825. The molecule has 1 aliphatic heterocycles. The molecule has 3 rings (SSSR count). The molecule has 0 saturated heterocycles. The van der Waals surface area contributed by atoms with E-state index in [9.17, 15) is 0 Å². The summed E-state index contributed by atoms with van der Waals surface area (Å²) in [6, 6.07) is 6.95. The molecular weight excluding hydrogens is 198 g/mol. The monoisotopic (exact) mass is 217 g/mol. The number of nitrogens with two attached hydrogens (primary N) is 1. The van der Waals surface area contributed by atoms with E-state index in [1.165, 1.54) is 24.0 Å². The van der Waals surface area contributed by atoms with E-state index in [1.807, 2.05) is 0 Å². The van der Waals surface area contributed by atoms with Gasteiger partial charge in [-0.2, -0.15) is 0 Å². The minimum Gasteiger partial charge on any atom is -0.493 e. The Kier molecular flexibility index (Phi) is 2.21. The molecule has 0 amide bonds. The molecule has 1 atom stereocenters. The Bertz CT molecular complexity index is 407. The van der Waals surface area contributed by atoms with Crippen LogP contribution in [-0.4, -0.2) is 12.6 Å². The van der Waals surface area contributed by atoms with Crippen LogP contribution < -0.4 is 10.5 Å². The smallest absolute Gasteiger partial charge is 0.122 e. The maximum atomic E-state index is 6.10. The number of fused-ring (bicyclic) bond motifs is 1. The van der Waals surface area contributed by atoms with Gasteiger partial charge in [0.15, 0.2) is 0 Å². The zero-order valence-electron chi connectivity index (χ0n) is 9.83. The van der Waals surface area contributed by atoms with Gasteiger partial charge >= 0.3 is 0 Å². The topological polar surface area (TPSA) is 35.2 Å².